The first-order valence-corrected chi connectivity index (χ1v) is 9.83. The summed E-state index contributed by atoms with van der Waals surface area (Å²) in [5.74, 6) is 0.506. The zero-order valence-corrected chi connectivity index (χ0v) is 16.0. The minimum Gasteiger partial charge on any atom is -0.361 e. The topological polar surface area (TPSA) is 48.1 Å². The van der Waals surface area contributed by atoms with Crippen molar-refractivity contribution in [2.24, 2.45) is 0 Å². The molecule has 4 rings (SSSR count). The van der Waals surface area contributed by atoms with Gasteiger partial charge < -0.3 is 15.2 Å². The van der Waals surface area contributed by atoms with E-state index in [0.29, 0.717) is 17.5 Å². The number of aromatic nitrogens is 1. The van der Waals surface area contributed by atoms with Crippen LogP contribution in [0.5, 0.6) is 0 Å². The number of aromatic amines is 1. The number of likely N-dealkylation sites (tertiary alicyclic amines) is 1. The van der Waals surface area contributed by atoms with Crippen molar-refractivity contribution in [1.29, 1.82) is 0 Å². The Balaban J connectivity index is 1.54. The van der Waals surface area contributed by atoms with Crippen molar-refractivity contribution in [3.63, 3.8) is 0 Å². The molecule has 0 unspecified atom stereocenters. The van der Waals surface area contributed by atoms with Crippen LogP contribution < -0.4 is 5.32 Å². The molecule has 1 aromatic heterocycles. The highest BCUT2D eigenvalue weighted by Gasteiger charge is 2.24. The van der Waals surface area contributed by atoms with E-state index < -0.39 is 0 Å². The van der Waals surface area contributed by atoms with Crippen LogP contribution in [0.4, 0.5) is 5.69 Å². The van der Waals surface area contributed by atoms with Gasteiger partial charge in [-0.1, -0.05) is 18.2 Å². The molecule has 1 amide bonds. The summed E-state index contributed by atoms with van der Waals surface area (Å²) in [5, 5.41) is 4.26. The highest BCUT2D eigenvalue weighted by atomic mass is 16.1. The quantitative estimate of drug-likeness (QED) is 0.686. The lowest BCUT2D eigenvalue weighted by molar-refractivity contribution is 0.102. The molecule has 4 heteroatoms. The molecule has 2 aromatic carbocycles. The molecule has 2 N–H and O–H groups in total. The monoisotopic (exact) mass is 361 g/mol. The number of nitrogens with one attached hydrogen (secondary N) is 2. The van der Waals surface area contributed by atoms with Crippen LogP contribution in [0.3, 0.4) is 0 Å². The van der Waals surface area contributed by atoms with E-state index >= 15 is 0 Å². The van der Waals surface area contributed by atoms with Crippen molar-refractivity contribution in [2.45, 2.75) is 38.6 Å². The zero-order valence-electron chi connectivity index (χ0n) is 16.0. The maximum Gasteiger partial charge on any atom is 0.255 e. The van der Waals surface area contributed by atoms with Crippen molar-refractivity contribution in [2.75, 3.05) is 18.4 Å². The number of piperidine rings is 1. The summed E-state index contributed by atoms with van der Waals surface area (Å²) in [6.07, 6.45) is 4.53. The SMILES string of the molecule is CC(C)N1CCC(c2c[nH]c3ccc(NC(=O)c4ccccc4)cc23)CC1. The van der Waals surface area contributed by atoms with E-state index in [4.69, 9.17) is 0 Å². The second-order valence-electron chi connectivity index (χ2n) is 7.73. The molecule has 3 aromatic rings. The molecular weight excluding hydrogens is 334 g/mol. The largest absolute Gasteiger partial charge is 0.361 e. The van der Waals surface area contributed by atoms with Gasteiger partial charge in [-0.05, 0) is 81.6 Å². The summed E-state index contributed by atoms with van der Waals surface area (Å²) in [7, 11) is 0. The van der Waals surface area contributed by atoms with Crippen LogP contribution in [0.2, 0.25) is 0 Å². The summed E-state index contributed by atoms with van der Waals surface area (Å²) in [6, 6.07) is 16.1. The molecule has 1 aliphatic rings. The Kier molecular flexibility index (Phi) is 4.99. The molecule has 0 spiro atoms. The predicted octanol–water partition coefficient (Wildman–Crippen LogP) is 5.01. The van der Waals surface area contributed by atoms with Gasteiger partial charge in [0.2, 0.25) is 0 Å². The Morgan fingerprint density at radius 1 is 1.11 bits per heavy atom. The van der Waals surface area contributed by atoms with Crippen LogP contribution in [0.25, 0.3) is 10.9 Å². The highest BCUT2D eigenvalue weighted by Crippen LogP contribution is 2.34. The minimum absolute atomic E-state index is 0.0720. The van der Waals surface area contributed by atoms with Crippen LogP contribution in [0.15, 0.2) is 54.7 Å². The lowest BCUT2D eigenvalue weighted by Crippen LogP contribution is -2.37. The predicted molar refractivity (Wildman–Crippen MR) is 111 cm³/mol. The Morgan fingerprint density at radius 2 is 1.85 bits per heavy atom. The van der Waals surface area contributed by atoms with E-state index in [0.717, 1.165) is 24.3 Å². The molecular formula is C23H27N3O. The molecule has 27 heavy (non-hydrogen) atoms. The van der Waals surface area contributed by atoms with Gasteiger partial charge in [0.1, 0.15) is 0 Å². The fraction of sp³-hybridized carbons (Fsp3) is 0.348. The zero-order chi connectivity index (χ0) is 18.8. The Bertz CT molecular complexity index is 921. The molecule has 0 bridgehead atoms. The van der Waals surface area contributed by atoms with Crippen molar-refractivity contribution in [3.05, 3.63) is 65.9 Å². The van der Waals surface area contributed by atoms with Crippen LogP contribution in [-0.2, 0) is 0 Å². The number of rotatable bonds is 4. The molecule has 0 atom stereocenters. The highest BCUT2D eigenvalue weighted by molar-refractivity contribution is 6.05. The van der Waals surface area contributed by atoms with Gasteiger partial charge in [-0.2, -0.15) is 0 Å². The number of carbonyl (C=O) groups excluding carboxylic acids is 1. The summed E-state index contributed by atoms with van der Waals surface area (Å²) < 4.78 is 0. The van der Waals surface area contributed by atoms with E-state index in [1.54, 1.807) is 0 Å². The van der Waals surface area contributed by atoms with Crippen LogP contribution >= 0.6 is 0 Å². The van der Waals surface area contributed by atoms with E-state index in [-0.39, 0.29) is 5.91 Å². The summed E-state index contributed by atoms with van der Waals surface area (Å²) in [6.45, 7) is 6.85. The summed E-state index contributed by atoms with van der Waals surface area (Å²) in [4.78, 5) is 18.4. The van der Waals surface area contributed by atoms with Gasteiger partial charge in [-0.15, -0.1) is 0 Å². The number of fused-ring (bicyclic) bond motifs is 1. The number of anilines is 1. The molecule has 2 heterocycles. The Morgan fingerprint density at radius 3 is 2.56 bits per heavy atom. The third-order valence-electron chi connectivity index (χ3n) is 5.71. The number of amides is 1. The fourth-order valence-corrected chi connectivity index (χ4v) is 4.08. The first kappa shape index (κ1) is 17.8. The first-order valence-electron chi connectivity index (χ1n) is 9.83. The Labute approximate surface area is 160 Å². The summed E-state index contributed by atoms with van der Waals surface area (Å²) in [5.41, 5.74) is 4.03. The third-order valence-corrected chi connectivity index (χ3v) is 5.71. The third kappa shape index (κ3) is 3.76. The maximum absolute atomic E-state index is 12.5. The molecule has 140 valence electrons. The average Bonchev–Trinajstić information content (AvgIpc) is 3.12. The molecule has 0 aliphatic carbocycles. The lowest BCUT2D eigenvalue weighted by Gasteiger charge is -2.34. The molecule has 0 saturated carbocycles. The number of hydrogen-bond acceptors (Lipinski definition) is 2. The maximum atomic E-state index is 12.5. The van der Waals surface area contributed by atoms with Crippen LogP contribution in [0.1, 0.15) is 48.5 Å². The lowest BCUT2D eigenvalue weighted by atomic mass is 9.88. The number of benzene rings is 2. The van der Waals surface area contributed by atoms with E-state index in [1.165, 1.54) is 23.8 Å². The van der Waals surface area contributed by atoms with Crippen LogP contribution in [0, 0.1) is 0 Å². The first-order chi connectivity index (χ1) is 13.1. The molecule has 4 nitrogen and oxygen atoms in total. The van der Waals surface area contributed by atoms with Crippen molar-refractivity contribution in [1.82, 2.24) is 9.88 Å². The molecule has 1 fully saturated rings. The average molecular weight is 361 g/mol. The van der Waals surface area contributed by atoms with Gasteiger partial charge >= 0.3 is 0 Å². The Hall–Kier alpha value is -2.59. The number of carbonyl (C=O) groups is 1. The van der Waals surface area contributed by atoms with Crippen molar-refractivity contribution >= 4 is 22.5 Å². The van der Waals surface area contributed by atoms with Crippen molar-refractivity contribution in [3.8, 4) is 0 Å². The number of hydrogen-bond donors (Lipinski definition) is 2. The molecule has 0 radical (unpaired) electrons. The summed E-state index contributed by atoms with van der Waals surface area (Å²) >= 11 is 0. The standard InChI is InChI=1S/C23H27N3O/c1-16(2)26-12-10-17(11-13-26)21-15-24-22-9-8-19(14-20(21)22)25-23(27)18-6-4-3-5-7-18/h3-9,14-17,24H,10-13H2,1-2H3,(H,25,27). The second-order valence-corrected chi connectivity index (χ2v) is 7.73. The number of nitrogens with zero attached hydrogens (tertiary/aromatic N) is 1. The molecule has 1 aliphatic heterocycles. The van der Waals surface area contributed by atoms with Gasteiger partial charge in [0.15, 0.2) is 0 Å². The van der Waals surface area contributed by atoms with E-state index in [2.05, 4.69) is 47.4 Å². The molecule has 1 saturated heterocycles. The van der Waals surface area contributed by atoms with Gasteiger partial charge in [0, 0.05) is 34.4 Å². The minimum atomic E-state index is -0.0720. The smallest absolute Gasteiger partial charge is 0.255 e. The fourth-order valence-electron chi connectivity index (χ4n) is 4.08. The second kappa shape index (κ2) is 7.57. The van der Waals surface area contributed by atoms with Gasteiger partial charge in [0.25, 0.3) is 5.91 Å². The normalized spacial score (nSPS) is 16.1. The van der Waals surface area contributed by atoms with Crippen molar-refractivity contribution < 1.29 is 4.79 Å². The van der Waals surface area contributed by atoms with Crippen LogP contribution in [-0.4, -0.2) is 34.9 Å². The van der Waals surface area contributed by atoms with Gasteiger partial charge in [0.05, 0.1) is 0 Å². The van der Waals surface area contributed by atoms with E-state index in [9.17, 15) is 4.79 Å². The number of H-pyrrole nitrogens is 1. The van der Waals surface area contributed by atoms with Gasteiger partial charge in [-0.25, -0.2) is 0 Å². The van der Waals surface area contributed by atoms with E-state index in [1.807, 2.05) is 36.4 Å². The van der Waals surface area contributed by atoms with Gasteiger partial charge in [-0.3, -0.25) is 4.79 Å².